The van der Waals surface area contributed by atoms with Crippen molar-refractivity contribution < 1.29 is 18.7 Å². The van der Waals surface area contributed by atoms with Crippen LogP contribution in [-0.4, -0.2) is 28.1 Å². The molecular formula is C21H24N3O4P. The number of ether oxygens (including phenoxy) is 1. The van der Waals surface area contributed by atoms with Crippen LogP contribution in [-0.2, 0) is 4.57 Å². The van der Waals surface area contributed by atoms with Crippen molar-refractivity contribution in [1.82, 2.24) is 9.97 Å². The van der Waals surface area contributed by atoms with E-state index >= 15 is 0 Å². The fourth-order valence-electron chi connectivity index (χ4n) is 2.84. The number of methoxy groups -OCH3 is 1. The Morgan fingerprint density at radius 2 is 1.90 bits per heavy atom. The summed E-state index contributed by atoms with van der Waals surface area (Å²) in [6.45, 7) is 3.67. The van der Waals surface area contributed by atoms with E-state index in [1.165, 1.54) is 6.33 Å². The lowest BCUT2D eigenvalue weighted by Gasteiger charge is -2.16. The largest absolute Gasteiger partial charge is 0.496 e. The molecule has 1 heterocycles. The second-order valence-corrected chi connectivity index (χ2v) is 8.45. The Balaban J connectivity index is 1.85. The minimum absolute atomic E-state index is 0.109. The summed E-state index contributed by atoms with van der Waals surface area (Å²) in [5, 5.41) is 3.19. The molecule has 152 valence electrons. The first-order valence-corrected chi connectivity index (χ1v) is 11.0. The fourth-order valence-corrected chi connectivity index (χ4v) is 4.00. The van der Waals surface area contributed by atoms with Gasteiger partial charge in [0.2, 0.25) is 0 Å². The van der Waals surface area contributed by atoms with Gasteiger partial charge in [-0.1, -0.05) is 25.1 Å². The molecule has 2 N–H and O–H groups in total. The van der Waals surface area contributed by atoms with E-state index in [9.17, 15) is 9.46 Å². The Kier molecular flexibility index (Phi) is 6.52. The van der Waals surface area contributed by atoms with Crippen LogP contribution in [0.4, 0.5) is 11.5 Å². The van der Waals surface area contributed by atoms with Gasteiger partial charge in [0, 0.05) is 23.4 Å². The minimum Gasteiger partial charge on any atom is -0.496 e. The van der Waals surface area contributed by atoms with Gasteiger partial charge in [0.25, 0.3) is 0 Å². The molecule has 0 fully saturated rings. The van der Waals surface area contributed by atoms with Gasteiger partial charge in [0.15, 0.2) is 0 Å². The topological polar surface area (TPSA) is 93.6 Å². The molecule has 3 rings (SSSR count). The lowest BCUT2D eigenvalue weighted by molar-refractivity contribution is 0.378. The summed E-state index contributed by atoms with van der Waals surface area (Å²) in [4.78, 5) is 18.6. The Bertz CT molecular complexity index is 1040. The van der Waals surface area contributed by atoms with Gasteiger partial charge in [0.1, 0.15) is 23.6 Å². The van der Waals surface area contributed by atoms with Crippen molar-refractivity contribution >= 4 is 19.1 Å². The molecular weight excluding hydrogens is 389 g/mol. The van der Waals surface area contributed by atoms with E-state index in [0.29, 0.717) is 29.4 Å². The number of nitrogens with zero attached hydrogens (tertiary/aromatic N) is 2. The third-order valence-corrected chi connectivity index (χ3v) is 5.75. The van der Waals surface area contributed by atoms with Crippen LogP contribution in [0.1, 0.15) is 18.9 Å². The van der Waals surface area contributed by atoms with Crippen LogP contribution >= 0.6 is 7.60 Å². The summed E-state index contributed by atoms with van der Waals surface area (Å²) >= 11 is 0. The standard InChI is InChI=1S/C21H24N3O4P/c1-4-11-29(25,26)28-20-12-16(10-9-15(20)2)24-21-13-18(22-14-23-21)17-7-5-6-8-19(17)27-3/h5-10,12-14H,4,11H2,1-3H3,(H,25,26)(H,22,23,24). The van der Waals surface area contributed by atoms with Crippen molar-refractivity contribution in [2.24, 2.45) is 0 Å². The van der Waals surface area contributed by atoms with E-state index in [0.717, 1.165) is 16.9 Å². The van der Waals surface area contributed by atoms with Crippen LogP contribution in [0.15, 0.2) is 54.9 Å². The maximum absolute atomic E-state index is 12.1. The van der Waals surface area contributed by atoms with Gasteiger partial charge in [-0.25, -0.2) is 14.5 Å². The zero-order valence-electron chi connectivity index (χ0n) is 16.6. The number of aryl methyl sites for hydroxylation is 1. The number of rotatable bonds is 8. The van der Waals surface area contributed by atoms with E-state index < -0.39 is 7.60 Å². The molecule has 0 amide bonds. The summed E-state index contributed by atoms with van der Waals surface area (Å²) < 4.78 is 22.9. The third kappa shape index (κ3) is 5.34. The van der Waals surface area contributed by atoms with Gasteiger partial charge in [-0.15, -0.1) is 0 Å². The lowest BCUT2D eigenvalue weighted by Crippen LogP contribution is -2.00. The average Bonchev–Trinajstić information content (AvgIpc) is 2.70. The molecule has 0 aliphatic carbocycles. The van der Waals surface area contributed by atoms with E-state index in [1.54, 1.807) is 13.2 Å². The third-order valence-electron chi connectivity index (χ3n) is 4.26. The molecule has 1 atom stereocenters. The number of nitrogens with one attached hydrogen (secondary N) is 1. The molecule has 3 aromatic rings. The Labute approximate surface area is 170 Å². The summed E-state index contributed by atoms with van der Waals surface area (Å²) in [5.41, 5.74) is 3.03. The fraction of sp³-hybridized carbons (Fsp3) is 0.238. The number of hydrogen-bond donors (Lipinski definition) is 2. The van der Waals surface area contributed by atoms with Gasteiger partial charge < -0.3 is 19.5 Å². The van der Waals surface area contributed by atoms with Crippen molar-refractivity contribution in [2.75, 3.05) is 18.6 Å². The maximum atomic E-state index is 12.1. The molecule has 7 nitrogen and oxygen atoms in total. The normalized spacial score (nSPS) is 12.8. The predicted octanol–water partition coefficient (Wildman–Crippen LogP) is 5.18. The van der Waals surface area contributed by atoms with Crippen LogP contribution in [0, 0.1) is 6.92 Å². The predicted molar refractivity (Wildman–Crippen MR) is 114 cm³/mol. The first kappa shape index (κ1) is 20.8. The first-order chi connectivity index (χ1) is 13.9. The number of hydrogen-bond acceptors (Lipinski definition) is 6. The Hall–Kier alpha value is -2.89. The monoisotopic (exact) mass is 413 g/mol. The Morgan fingerprint density at radius 3 is 2.66 bits per heavy atom. The number of aromatic nitrogens is 2. The molecule has 8 heteroatoms. The van der Waals surface area contributed by atoms with Crippen molar-refractivity contribution in [3.05, 3.63) is 60.4 Å². The molecule has 0 bridgehead atoms. The molecule has 0 radical (unpaired) electrons. The van der Waals surface area contributed by atoms with E-state index in [4.69, 9.17) is 9.26 Å². The van der Waals surface area contributed by atoms with Crippen LogP contribution < -0.4 is 14.6 Å². The molecule has 0 saturated heterocycles. The molecule has 2 aromatic carbocycles. The molecule has 0 spiro atoms. The summed E-state index contributed by atoms with van der Waals surface area (Å²) in [7, 11) is -2.05. The minimum atomic E-state index is -3.67. The number of benzene rings is 2. The van der Waals surface area contributed by atoms with Crippen molar-refractivity contribution in [2.45, 2.75) is 20.3 Å². The van der Waals surface area contributed by atoms with Gasteiger partial charge in [-0.3, -0.25) is 0 Å². The van der Waals surface area contributed by atoms with Gasteiger partial charge in [0.05, 0.1) is 19.0 Å². The van der Waals surface area contributed by atoms with E-state index in [-0.39, 0.29) is 6.16 Å². The molecule has 0 saturated carbocycles. The van der Waals surface area contributed by atoms with Crippen LogP contribution in [0.25, 0.3) is 11.3 Å². The second kappa shape index (κ2) is 9.07. The summed E-state index contributed by atoms with van der Waals surface area (Å²) in [5.74, 6) is 1.67. The van der Waals surface area contributed by atoms with E-state index in [1.807, 2.05) is 56.3 Å². The zero-order valence-corrected chi connectivity index (χ0v) is 17.5. The number of anilines is 2. The molecule has 0 aliphatic rings. The lowest BCUT2D eigenvalue weighted by atomic mass is 10.1. The van der Waals surface area contributed by atoms with Gasteiger partial charge >= 0.3 is 7.60 Å². The highest BCUT2D eigenvalue weighted by Crippen LogP contribution is 2.44. The highest BCUT2D eigenvalue weighted by molar-refractivity contribution is 7.53. The second-order valence-electron chi connectivity index (χ2n) is 6.55. The molecule has 1 unspecified atom stereocenters. The summed E-state index contributed by atoms with van der Waals surface area (Å²) in [6.07, 6.45) is 2.15. The van der Waals surface area contributed by atoms with Crippen molar-refractivity contribution in [3.63, 3.8) is 0 Å². The highest BCUT2D eigenvalue weighted by Gasteiger charge is 2.20. The van der Waals surface area contributed by atoms with E-state index in [2.05, 4.69) is 15.3 Å². The van der Waals surface area contributed by atoms with Crippen LogP contribution in [0.5, 0.6) is 11.5 Å². The van der Waals surface area contributed by atoms with Gasteiger partial charge in [-0.2, -0.15) is 0 Å². The van der Waals surface area contributed by atoms with Gasteiger partial charge in [-0.05, 0) is 37.1 Å². The molecule has 0 aliphatic heterocycles. The van der Waals surface area contributed by atoms with Crippen LogP contribution in [0.2, 0.25) is 0 Å². The zero-order chi connectivity index (χ0) is 20.9. The quantitative estimate of drug-likeness (QED) is 0.492. The smallest absolute Gasteiger partial charge is 0.376 e. The highest BCUT2D eigenvalue weighted by atomic mass is 31.2. The summed E-state index contributed by atoms with van der Waals surface area (Å²) in [6, 6.07) is 14.8. The van der Waals surface area contributed by atoms with Crippen molar-refractivity contribution in [3.8, 4) is 22.8 Å². The first-order valence-electron chi connectivity index (χ1n) is 9.26. The average molecular weight is 413 g/mol. The number of para-hydroxylation sites is 1. The SMILES string of the molecule is CCCP(=O)(O)Oc1cc(Nc2cc(-c3ccccc3OC)ncn2)ccc1C. The molecule has 1 aromatic heterocycles. The molecule has 29 heavy (non-hydrogen) atoms. The maximum Gasteiger partial charge on any atom is 0.376 e. The van der Waals surface area contributed by atoms with Crippen LogP contribution in [0.3, 0.4) is 0 Å². The Morgan fingerprint density at radius 1 is 1.10 bits per heavy atom. The van der Waals surface area contributed by atoms with Crippen molar-refractivity contribution in [1.29, 1.82) is 0 Å².